The molecule has 92 valence electrons. The molecule has 1 unspecified atom stereocenters. The quantitative estimate of drug-likeness (QED) is 0.820. The largest absolute Gasteiger partial charge is 0.388 e. The fourth-order valence-electron chi connectivity index (χ4n) is 1.83. The van der Waals surface area contributed by atoms with Gasteiger partial charge in [-0.3, -0.25) is 9.78 Å². The van der Waals surface area contributed by atoms with Gasteiger partial charge in [0.1, 0.15) is 0 Å². The summed E-state index contributed by atoms with van der Waals surface area (Å²) in [5.74, 6) is 0.504. The van der Waals surface area contributed by atoms with Crippen LogP contribution in [0.4, 0.5) is 0 Å². The minimum atomic E-state index is -0.711. The fourth-order valence-corrected chi connectivity index (χ4v) is 2.62. The molecule has 1 aliphatic heterocycles. The van der Waals surface area contributed by atoms with E-state index in [0.29, 0.717) is 25.3 Å². The highest BCUT2D eigenvalue weighted by Gasteiger charge is 2.33. The number of aromatic nitrogens is 1. The van der Waals surface area contributed by atoms with Crippen molar-refractivity contribution >= 4 is 17.7 Å². The summed E-state index contributed by atoms with van der Waals surface area (Å²) >= 11 is 1.50. The zero-order valence-electron chi connectivity index (χ0n) is 9.80. The first-order valence-corrected chi connectivity index (χ1v) is 6.58. The second kappa shape index (κ2) is 5.06. The third-order valence-corrected chi connectivity index (χ3v) is 3.81. The van der Waals surface area contributed by atoms with E-state index < -0.39 is 5.60 Å². The summed E-state index contributed by atoms with van der Waals surface area (Å²) in [5, 5.41) is 9.79. The van der Waals surface area contributed by atoms with Crippen LogP contribution in [0.5, 0.6) is 0 Å². The minimum Gasteiger partial charge on any atom is -0.388 e. The van der Waals surface area contributed by atoms with Crippen molar-refractivity contribution in [1.82, 2.24) is 9.88 Å². The van der Waals surface area contributed by atoms with Gasteiger partial charge < -0.3 is 10.0 Å². The molecule has 4 nitrogen and oxygen atoms in total. The smallest absolute Gasteiger partial charge is 0.233 e. The van der Waals surface area contributed by atoms with Crippen LogP contribution in [-0.4, -0.2) is 45.3 Å². The molecule has 2 rings (SSSR count). The first kappa shape index (κ1) is 12.4. The standard InChI is InChI=1S/C12H16N2O2S/c1-12(16)4-7-14(9-12)11(15)8-17-10-2-5-13-6-3-10/h2-3,5-6,16H,4,7-9H2,1H3. The van der Waals surface area contributed by atoms with E-state index in [1.807, 2.05) is 12.1 Å². The highest BCUT2D eigenvalue weighted by atomic mass is 32.2. The van der Waals surface area contributed by atoms with Crippen LogP contribution in [0.3, 0.4) is 0 Å². The number of hydrogen-bond donors (Lipinski definition) is 1. The molecule has 2 heterocycles. The van der Waals surface area contributed by atoms with E-state index >= 15 is 0 Å². The normalized spacial score (nSPS) is 24.0. The van der Waals surface area contributed by atoms with E-state index in [9.17, 15) is 9.90 Å². The maximum atomic E-state index is 11.9. The molecule has 0 bridgehead atoms. The molecule has 5 heteroatoms. The van der Waals surface area contributed by atoms with Crippen LogP contribution in [0.25, 0.3) is 0 Å². The summed E-state index contributed by atoms with van der Waals surface area (Å²) in [4.78, 5) is 18.6. The predicted molar refractivity (Wildman–Crippen MR) is 66.8 cm³/mol. The Hall–Kier alpha value is -1.07. The SMILES string of the molecule is CC1(O)CCN(C(=O)CSc2ccncc2)C1. The Morgan fingerprint density at radius 2 is 2.29 bits per heavy atom. The number of aliphatic hydroxyl groups is 1. The summed E-state index contributed by atoms with van der Waals surface area (Å²) in [7, 11) is 0. The lowest BCUT2D eigenvalue weighted by Gasteiger charge is -2.18. The topological polar surface area (TPSA) is 53.4 Å². The van der Waals surface area contributed by atoms with Crippen molar-refractivity contribution in [3.63, 3.8) is 0 Å². The van der Waals surface area contributed by atoms with Crippen LogP contribution in [0.15, 0.2) is 29.4 Å². The highest BCUT2D eigenvalue weighted by molar-refractivity contribution is 8.00. The number of amides is 1. The Bertz CT molecular complexity index is 395. The van der Waals surface area contributed by atoms with Gasteiger partial charge >= 0.3 is 0 Å². The lowest BCUT2D eigenvalue weighted by atomic mass is 10.1. The molecule has 1 atom stereocenters. The van der Waals surface area contributed by atoms with Gasteiger partial charge in [0.25, 0.3) is 0 Å². The number of hydrogen-bond acceptors (Lipinski definition) is 4. The number of β-amino-alcohol motifs (C(OH)–C–C–N with tert-alkyl or cyclic N) is 1. The van der Waals surface area contributed by atoms with Crippen molar-refractivity contribution in [2.24, 2.45) is 0 Å². The molecule has 1 amide bonds. The van der Waals surface area contributed by atoms with E-state index in [0.717, 1.165) is 4.90 Å². The molecule has 0 aromatic carbocycles. The van der Waals surface area contributed by atoms with Crippen molar-refractivity contribution in [2.45, 2.75) is 23.8 Å². The van der Waals surface area contributed by atoms with E-state index in [1.54, 1.807) is 24.2 Å². The molecular formula is C12H16N2O2S. The van der Waals surface area contributed by atoms with Gasteiger partial charge in [-0.25, -0.2) is 0 Å². The zero-order chi connectivity index (χ0) is 12.3. The van der Waals surface area contributed by atoms with E-state index in [2.05, 4.69) is 4.98 Å². The first-order valence-electron chi connectivity index (χ1n) is 5.60. The molecule has 0 radical (unpaired) electrons. The van der Waals surface area contributed by atoms with Crippen LogP contribution < -0.4 is 0 Å². The second-order valence-corrected chi connectivity index (χ2v) is 5.58. The van der Waals surface area contributed by atoms with Gasteiger partial charge in [0.2, 0.25) is 5.91 Å². The highest BCUT2D eigenvalue weighted by Crippen LogP contribution is 2.22. The number of carbonyl (C=O) groups is 1. The monoisotopic (exact) mass is 252 g/mol. The number of likely N-dealkylation sites (tertiary alicyclic amines) is 1. The van der Waals surface area contributed by atoms with Crippen molar-refractivity contribution in [1.29, 1.82) is 0 Å². The third-order valence-electron chi connectivity index (χ3n) is 2.82. The number of pyridine rings is 1. The first-order chi connectivity index (χ1) is 8.07. The number of rotatable bonds is 3. The maximum absolute atomic E-state index is 11.9. The van der Waals surface area contributed by atoms with E-state index in [4.69, 9.17) is 0 Å². The molecular weight excluding hydrogens is 236 g/mol. The number of carbonyl (C=O) groups excluding carboxylic acids is 1. The van der Waals surface area contributed by atoms with Gasteiger partial charge in [-0.2, -0.15) is 0 Å². The van der Waals surface area contributed by atoms with Crippen LogP contribution in [0.1, 0.15) is 13.3 Å². The average molecular weight is 252 g/mol. The van der Waals surface area contributed by atoms with Gasteiger partial charge in [-0.1, -0.05) is 0 Å². The molecule has 0 aliphatic carbocycles. The Balaban J connectivity index is 1.83. The molecule has 1 aromatic rings. The summed E-state index contributed by atoms with van der Waals surface area (Å²) in [6, 6.07) is 3.77. The van der Waals surface area contributed by atoms with E-state index in [-0.39, 0.29) is 5.91 Å². The summed E-state index contributed by atoms with van der Waals surface area (Å²) < 4.78 is 0. The molecule has 0 spiro atoms. The summed E-state index contributed by atoms with van der Waals surface area (Å²) in [6.45, 7) is 2.88. The Labute approximate surface area is 105 Å². The molecule has 1 aromatic heterocycles. The number of nitrogens with zero attached hydrogens (tertiary/aromatic N) is 2. The molecule has 1 fully saturated rings. The molecule has 1 N–H and O–H groups in total. The van der Waals surface area contributed by atoms with E-state index in [1.165, 1.54) is 11.8 Å². The van der Waals surface area contributed by atoms with Crippen LogP contribution in [0, 0.1) is 0 Å². The van der Waals surface area contributed by atoms with Gasteiger partial charge in [0.15, 0.2) is 0 Å². The summed E-state index contributed by atoms with van der Waals surface area (Å²) in [5.41, 5.74) is -0.711. The lowest BCUT2D eigenvalue weighted by molar-refractivity contribution is -0.128. The Morgan fingerprint density at radius 1 is 1.59 bits per heavy atom. The van der Waals surface area contributed by atoms with Crippen LogP contribution in [-0.2, 0) is 4.79 Å². The second-order valence-electron chi connectivity index (χ2n) is 4.53. The molecule has 17 heavy (non-hydrogen) atoms. The van der Waals surface area contributed by atoms with Crippen LogP contribution >= 0.6 is 11.8 Å². The van der Waals surface area contributed by atoms with Gasteiger partial charge in [-0.15, -0.1) is 11.8 Å². The molecule has 1 aliphatic rings. The van der Waals surface area contributed by atoms with Gasteiger partial charge in [0.05, 0.1) is 11.4 Å². The minimum absolute atomic E-state index is 0.0876. The van der Waals surface area contributed by atoms with Gasteiger partial charge in [-0.05, 0) is 25.5 Å². The zero-order valence-corrected chi connectivity index (χ0v) is 10.6. The van der Waals surface area contributed by atoms with Crippen molar-refractivity contribution in [2.75, 3.05) is 18.8 Å². The average Bonchev–Trinajstić information content (AvgIpc) is 2.68. The van der Waals surface area contributed by atoms with Crippen molar-refractivity contribution < 1.29 is 9.90 Å². The number of thioether (sulfide) groups is 1. The molecule has 0 saturated carbocycles. The van der Waals surface area contributed by atoms with Crippen molar-refractivity contribution in [3.05, 3.63) is 24.5 Å². The van der Waals surface area contributed by atoms with Crippen molar-refractivity contribution in [3.8, 4) is 0 Å². The molecule has 1 saturated heterocycles. The van der Waals surface area contributed by atoms with Gasteiger partial charge in [0, 0.05) is 30.4 Å². The fraction of sp³-hybridized carbons (Fsp3) is 0.500. The Kier molecular flexibility index (Phi) is 3.69. The lowest BCUT2D eigenvalue weighted by Crippen LogP contribution is -2.34. The van der Waals surface area contributed by atoms with Crippen LogP contribution in [0.2, 0.25) is 0 Å². The third kappa shape index (κ3) is 3.44. The summed E-state index contributed by atoms with van der Waals surface area (Å²) in [6.07, 6.45) is 4.10. The maximum Gasteiger partial charge on any atom is 0.233 e. The Morgan fingerprint density at radius 3 is 2.88 bits per heavy atom. The predicted octanol–water partition coefficient (Wildman–Crippen LogP) is 1.16.